The molecule has 2 fully saturated rings. The highest BCUT2D eigenvalue weighted by Crippen LogP contribution is 2.49. The molecule has 0 aromatic heterocycles. The summed E-state index contributed by atoms with van der Waals surface area (Å²) < 4.78 is 23.1. The molecule has 2 aromatic carbocycles. The average Bonchev–Trinajstić information content (AvgIpc) is 4.05. The number of phenols is 2. The first-order valence-corrected chi connectivity index (χ1v) is 30.0. The van der Waals surface area contributed by atoms with E-state index in [4.69, 9.17) is 24.1 Å². The number of unbranched alkanes of at least 4 members (excludes halogenated alkanes) is 5. The van der Waals surface area contributed by atoms with Gasteiger partial charge in [0, 0.05) is 60.0 Å². The third-order valence-corrected chi connectivity index (χ3v) is 17.0. The van der Waals surface area contributed by atoms with Gasteiger partial charge in [0.1, 0.15) is 29.6 Å². The van der Waals surface area contributed by atoms with Crippen molar-refractivity contribution in [3.8, 4) is 23.0 Å². The molecule has 0 radical (unpaired) electrons. The Balaban J connectivity index is 0.000000348. The van der Waals surface area contributed by atoms with Gasteiger partial charge in [-0.15, -0.1) is 0 Å². The number of nitrogens with one attached hydrogen (secondary N) is 3. The number of urea groups is 1. The number of phenolic OH excluding ortho intramolecular Hbond substituents is 2. The SMILES string of the molecule is C=C(C)[C@@H]1CC=C(C)C[C@H]1c1c(O)cc(CCCCC)cc1OCC(=O)O.C=C(C)[C@@H]1CCC(C)=C[C@H]1c1c(O)cc(CCCCC)cc1OCC(=O)CCCOCCOCCNC(=O)CCCCC1SCC2NC(=O)NC21. The van der Waals surface area contributed by atoms with Gasteiger partial charge in [-0.1, -0.05) is 93.6 Å². The van der Waals surface area contributed by atoms with E-state index in [1.54, 1.807) is 0 Å². The standard InChI is InChI=1S/C40H61N3O7S.C23H32O4/c1-5-6-7-11-29-23-34(45)38(32-22-28(4)15-16-31(32)27(2)3)35(24-29)50-25-30(44)12-10-18-48-20-21-49-19-17-41-37(46)14-9-8-13-36-39-33(26-51-36)42-40(47)43-39;1-5-6-7-8-17-12-20(24)23(21(13-17)27-14-22(25)26)19-11-16(4)9-10-18(19)15(2)3/h22-24,31-33,36,39,45H,2,5-21,25-26H2,1,3-4H3,(H,41,46)(H2,42,43,47);9,12-13,18-19,24H,2,5-8,10-11,14H2,1,3-4H3,(H,25,26)/t31-,32+,33?,36?,39?;18-,19+/m00/s1. The van der Waals surface area contributed by atoms with Crippen LogP contribution in [0.15, 0.2) is 71.9 Å². The van der Waals surface area contributed by atoms with Crippen molar-refractivity contribution in [3.05, 3.63) is 94.1 Å². The van der Waals surface area contributed by atoms with Crippen LogP contribution in [0.1, 0.15) is 178 Å². The molecule has 14 nitrogen and oxygen atoms in total. The van der Waals surface area contributed by atoms with Crippen LogP contribution in [0.5, 0.6) is 23.0 Å². The first-order valence-electron chi connectivity index (χ1n) is 28.9. The zero-order valence-electron chi connectivity index (χ0n) is 47.8. The monoisotopic (exact) mass is 1100 g/mol. The molecule has 0 spiro atoms. The minimum atomic E-state index is -1.02. The summed E-state index contributed by atoms with van der Waals surface area (Å²) in [5, 5.41) is 40.5. The van der Waals surface area contributed by atoms with Crippen LogP contribution in [-0.2, 0) is 36.7 Å². The molecule has 6 rings (SSSR count). The highest BCUT2D eigenvalue weighted by Gasteiger charge is 2.42. The summed E-state index contributed by atoms with van der Waals surface area (Å²) in [4.78, 5) is 47.5. The zero-order valence-corrected chi connectivity index (χ0v) is 48.6. The van der Waals surface area contributed by atoms with Gasteiger partial charge >= 0.3 is 12.0 Å². The number of aliphatic carboxylic acids is 1. The average molecular weight is 1100 g/mol. The van der Waals surface area contributed by atoms with Crippen molar-refractivity contribution >= 4 is 35.5 Å². The third-order valence-electron chi connectivity index (χ3n) is 15.5. The molecule has 7 atom stereocenters. The van der Waals surface area contributed by atoms with Crippen LogP contribution in [-0.4, -0.2) is 108 Å². The molecule has 2 aromatic rings. The molecule has 4 aliphatic rings. The van der Waals surface area contributed by atoms with Crippen molar-refractivity contribution in [2.24, 2.45) is 11.8 Å². The number of ketones is 1. The summed E-state index contributed by atoms with van der Waals surface area (Å²) in [5.41, 5.74) is 8.20. The number of aryl methyl sites for hydroxylation is 2. The molecule has 0 saturated carbocycles. The number of aromatic hydroxyl groups is 2. The second kappa shape index (κ2) is 33.4. The number of rotatable bonds is 33. The van der Waals surface area contributed by atoms with E-state index >= 15 is 0 Å². The van der Waals surface area contributed by atoms with E-state index in [1.165, 1.54) is 11.1 Å². The lowest BCUT2D eigenvalue weighted by atomic mass is 9.72. The van der Waals surface area contributed by atoms with Crippen molar-refractivity contribution in [2.75, 3.05) is 51.9 Å². The maximum Gasteiger partial charge on any atom is 0.341 e. The van der Waals surface area contributed by atoms with E-state index < -0.39 is 12.6 Å². The normalized spacial score (nSPS) is 21.5. The van der Waals surface area contributed by atoms with Gasteiger partial charge in [-0.2, -0.15) is 11.8 Å². The molecule has 2 heterocycles. The fraction of sp³-hybridized carbons (Fsp3) is 0.619. The predicted octanol–water partition coefficient (Wildman–Crippen LogP) is 12.3. The highest BCUT2D eigenvalue weighted by atomic mass is 32.2. The van der Waals surface area contributed by atoms with Crippen LogP contribution in [0.4, 0.5) is 4.79 Å². The summed E-state index contributed by atoms with van der Waals surface area (Å²) in [6, 6.07) is 8.00. The van der Waals surface area contributed by atoms with E-state index in [1.807, 2.05) is 49.9 Å². The van der Waals surface area contributed by atoms with Crippen LogP contribution >= 0.6 is 11.8 Å². The lowest BCUT2D eigenvalue weighted by molar-refractivity contribution is -0.139. The topological polar surface area (TPSA) is 202 Å². The maximum atomic E-state index is 12.8. The Labute approximate surface area is 470 Å². The fourth-order valence-electron chi connectivity index (χ4n) is 11.2. The quantitative estimate of drug-likeness (QED) is 0.0225. The second-order valence-electron chi connectivity index (χ2n) is 22.1. The number of fused-ring (bicyclic) bond motifs is 1. The fourth-order valence-corrected chi connectivity index (χ4v) is 12.8. The Morgan fingerprint density at radius 2 is 1.40 bits per heavy atom. The van der Waals surface area contributed by atoms with Crippen LogP contribution in [0.2, 0.25) is 0 Å². The summed E-state index contributed by atoms with van der Waals surface area (Å²) in [5.74, 6) is 1.89. The predicted molar refractivity (Wildman–Crippen MR) is 312 cm³/mol. The lowest BCUT2D eigenvalue weighted by Crippen LogP contribution is -2.36. The number of benzene rings is 2. The molecule has 3 unspecified atom stereocenters. The Kier molecular flexibility index (Phi) is 27.2. The highest BCUT2D eigenvalue weighted by molar-refractivity contribution is 8.00. The van der Waals surface area contributed by atoms with Crippen LogP contribution < -0.4 is 25.4 Å². The van der Waals surface area contributed by atoms with Crippen molar-refractivity contribution in [1.29, 1.82) is 0 Å². The number of thioether (sulfide) groups is 1. The van der Waals surface area contributed by atoms with Crippen LogP contribution in [0, 0.1) is 11.8 Å². The third kappa shape index (κ3) is 20.4. The minimum Gasteiger partial charge on any atom is -0.508 e. The van der Waals surface area contributed by atoms with Gasteiger partial charge in [-0.3, -0.25) is 9.59 Å². The van der Waals surface area contributed by atoms with Gasteiger partial charge < -0.3 is 50.2 Å². The van der Waals surface area contributed by atoms with Crippen molar-refractivity contribution < 1.29 is 53.4 Å². The molecule has 78 heavy (non-hydrogen) atoms. The number of Topliss-reactive ketones (excluding diaryl/α,β-unsaturated/α-hetero) is 1. The zero-order chi connectivity index (χ0) is 56.6. The number of allylic oxidation sites excluding steroid dienone is 6. The first kappa shape index (κ1) is 63.6. The molecule has 2 aliphatic carbocycles. The molecule has 6 N–H and O–H groups in total. The molecule has 3 amide bonds. The summed E-state index contributed by atoms with van der Waals surface area (Å²) >= 11 is 1.90. The smallest absolute Gasteiger partial charge is 0.341 e. The molecule has 15 heteroatoms. The molecule has 0 bridgehead atoms. The number of carboxylic acids is 1. The Bertz CT molecular complexity index is 2380. The first-order chi connectivity index (χ1) is 37.5. The second-order valence-corrected chi connectivity index (χ2v) is 23.4. The van der Waals surface area contributed by atoms with Crippen LogP contribution in [0.25, 0.3) is 0 Å². The lowest BCUT2D eigenvalue weighted by Gasteiger charge is -2.33. The number of carbonyl (C=O) groups is 4. The summed E-state index contributed by atoms with van der Waals surface area (Å²) in [6.45, 7) is 22.7. The van der Waals surface area contributed by atoms with E-state index in [-0.39, 0.29) is 71.6 Å². The van der Waals surface area contributed by atoms with E-state index in [9.17, 15) is 29.4 Å². The molecule has 432 valence electrons. The van der Waals surface area contributed by atoms with E-state index in [0.717, 1.165) is 135 Å². The van der Waals surface area contributed by atoms with E-state index in [0.29, 0.717) is 69.0 Å². The van der Waals surface area contributed by atoms with Gasteiger partial charge in [0.05, 0.1) is 31.9 Å². The number of hydrogen-bond donors (Lipinski definition) is 6. The number of amides is 3. The van der Waals surface area contributed by atoms with E-state index in [2.05, 4.69) is 69.0 Å². The van der Waals surface area contributed by atoms with Gasteiger partial charge in [-0.25, -0.2) is 9.59 Å². The van der Waals surface area contributed by atoms with Crippen molar-refractivity contribution in [2.45, 2.75) is 186 Å². The number of ether oxygens (including phenoxy) is 4. The number of hydrogen-bond acceptors (Lipinski definition) is 11. The molecular formula is C63H93N3O11S. The largest absolute Gasteiger partial charge is 0.508 e. The summed E-state index contributed by atoms with van der Waals surface area (Å²) in [7, 11) is 0. The Morgan fingerprint density at radius 1 is 0.756 bits per heavy atom. The minimum absolute atomic E-state index is 0.00934. The van der Waals surface area contributed by atoms with Crippen molar-refractivity contribution in [3.63, 3.8) is 0 Å². The molecular weight excluding hydrogens is 1010 g/mol. The maximum absolute atomic E-state index is 12.8. The van der Waals surface area contributed by atoms with Crippen molar-refractivity contribution in [1.82, 2.24) is 16.0 Å². The van der Waals surface area contributed by atoms with Gasteiger partial charge in [0.15, 0.2) is 12.4 Å². The van der Waals surface area contributed by atoms with Gasteiger partial charge in [0.2, 0.25) is 5.91 Å². The Morgan fingerprint density at radius 3 is 2.05 bits per heavy atom. The Hall–Kier alpha value is -5.25. The van der Waals surface area contributed by atoms with Gasteiger partial charge in [0.25, 0.3) is 0 Å². The molecule has 2 aliphatic heterocycles. The molecule has 2 saturated heterocycles. The van der Waals surface area contributed by atoms with Gasteiger partial charge in [-0.05, 0) is 146 Å². The number of carbonyl (C=O) groups excluding carboxylic acids is 3. The number of carboxylic acid groups (broad SMARTS) is 1. The summed E-state index contributed by atoms with van der Waals surface area (Å²) in [6.07, 6.45) is 20.6. The van der Waals surface area contributed by atoms with Crippen LogP contribution in [0.3, 0.4) is 0 Å².